The molecule has 0 saturated heterocycles. The maximum absolute atomic E-state index is 11.7. The van der Waals surface area contributed by atoms with Crippen LogP contribution in [0.5, 0.6) is 0 Å². The molecule has 0 aromatic heterocycles. The summed E-state index contributed by atoms with van der Waals surface area (Å²) in [5.41, 5.74) is 1.69. The number of benzene rings is 1. The van der Waals surface area contributed by atoms with Gasteiger partial charge in [0.1, 0.15) is 0 Å². The van der Waals surface area contributed by atoms with Crippen LogP contribution >= 0.6 is 0 Å². The normalized spacial score (nSPS) is 10.1. The van der Waals surface area contributed by atoms with E-state index < -0.39 is 11.8 Å². The number of amides is 2. The van der Waals surface area contributed by atoms with Crippen molar-refractivity contribution >= 4 is 23.2 Å². The van der Waals surface area contributed by atoms with E-state index in [1.165, 1.54) is 0 Å². The molecule has 6 nitrogen and oxygen atoms in total. The largest absolute Gasteiger partial charge is 0.385 e. The number of ether oxygens (including phenoxy) is 1. The number of rotatable bonds is 8. The summed E-state index contributed by atoms with van der Waals surface area (Å²) in [5.74, 6) is -1.29. The SMILES string of the molecule is CCN(CC)c1ccc(NC(=O)C(=O)NCCCOC)cc1. The van der Waals surface area contributed by atoms with Crippen LogP contribution in [0.15, 0.2) is 24.3 Å². The van der Waals surface area contributed by atoms with Crippen molar-refractivity contribution in [3.05, 3.63) is 24.3 Å². The smallest absolute Gasteiger partial charge is 0.313 e. The summed E-state index contributed by atoms with van der Waals surface area (Å²) >= 11 is 0. The fourth-order valence-corrected chi connectivity index (χ4v) is 2.03. The molecule has 0 aliphatic heterocycles. The van der Waals surface area contributed by atoms with Crippen molar-refractivity contribution in [2.45, 2.75) is 20.3 Å². The summed E-state index contributed by atoms with van der Waals surface area (Å²) in [4.78, 5) is 25.6. The van der Waals surface area contributed by atoms with Gasteiger partial charge in [-0.3, -0.25) is 9.59 Å². The molecular formula is C16H25N3O3. The van der Waals surface area contributed by atoms with Gasteiger partial charge in [0.2, 0.25) is 0 Å². The summed E-state index contributed by atoms with van der Waals surface area (Å²) in [6, 6.07) is 7.45. The van der Waals surface area contributed by atoms with E-state index in [1.54, 1.807) is 19.2 Å². The van der Waals surface area contributed by atoms with Gasteiger partial charge >= 0.3 is 11.8 Å². The van der Waals surface area contributed by atoms with Gasteiger partial charge in [0.15, 0.2) is 0 Å². The van der Waals surface area contributed by atoms with Gasteiger partial charge in [-0.2, -0.15) is 0 Å². The molecule has 122 valence electrons. The maximum Gasteiger partial charge on any atom is 0.313 e. The van der Waals surface area contributed by atoms with Crippen molar-refractivity contribution < 1.29 is 14.3 Å². The highest BCUT2D eigenvalue weighted by atomic mass is 16.5. The number of anilines is 2. The average Bonchev–Trinajstić information content (AvgIpc) is 2.54. The lowest BCUT2D eigenvalue weighted by atomic mass is 10.2. The van der Waals surface area contributed by atoms with Gasteiger partial charge in [-0.1, -0.05) is 0 Å². The predicted molar refractivity (Wildman–Crippen MR) is 88.1 cm³/mol. The molecular weight excluding hydrogens is 282 g/mol. The molecule has 0 heterocycles. The Balaban J connectivity index is 2.49. The molecule has 0 atom stereocenters. The van der Waals surface area contributed by atoms with Gasteiger partial charge in [0.05, 0.1) is 0 Å². The third kappa shape index (κ3) is 5.73. The highest BCUT2D eigenvalue weighted by Gasteiger charge is 2.13. The molecule has 2 amide bonds. The summed E-state index contributed by atoms with van der Waals surface area (Å²) < 4.78 is 4.87. The quantitative estimate of drug-likeness (QED) is 0.565. The van der Waals surface area contributed by atoms with E-state index >= 15 is 0 Å². The summed E-state index contributed by atoms with van der Waals surface area (Å²) in [7, 11) is 1.59. The minimum Gasteiger partial charge on any atom is -0.385 e. The summed E-state index contributed by atoms with van der Waals surface area (Å²) in [6.45, 7) is 6.99. The first-order valence-electron chi connectivity index (χ1n) is 7.55. The Bertz CT molecular complexity index is 470. The van der Waals surface area contributed by atoms with Gasteiger partial charge in [-0.25, -0.2) is 0 Å². The maximum atomic E-state index is 11.7. The lowest BCUT2D eigenvalue weighted by Crippen LogP contribution is -2.36. The highest BCUT2D eigenvalue weighted by molar-refractivity contribution is 6.39. The molecule has 0 unspecified atom stereocenters. The number of hydrogen-bond acceptors (Lipinski definition) is 4. The first-order chi connectivity index (χ1) is 10.6. The number of hydrogen-bond donors (Lipinski definition) is 2. The Morgan fingerprint density at radius 3 is 2.27 bits per heavy atom. The van der Waals surface area contributed by atoms with E-state index in [0.717, 1.165) is 18.8 Å². The molecule has 1 aromatic rings. The fourth-order valence-electron chi connectivity index (χ4n) is 2.03. The fraction of sp³-hybridized carbons (Fsp3) is 0.500. The van der Waals surface area contributed by atoms with Crippen LogP contribution < -0.4 is 15.5 Å². The van der Waals surface area contributed by atoms with Crippen molar-refractivity contribution in [3.63, 3.8) is 0 Å². The van der Waals surface area contributed by atoms with Crippen LogP contribution in [0, 0.1) is 0 Å². The zero-order chi connectivity index (χ0) is 16.4. The van der Waals surface area contributed by atoms with Crippen LogP contribution in [-0.4, -0.2) is 45.2 Å². The van der Waals surface area contributed by atoms with Crippen molar-refractivity contribution in [3.8, 4) is 0 Å². The van der Waals surface area contributed by atoms with Crippen LogP contribution in [0.3, 0.4) is 0 Å². The van der Waals surface area contributed by atoms with Gasteiger partial charge in [-0.15, -0.1) is 0 Å². The van der Waals surface area contributed by atoms with Gasteiger partial charge in [0, 0.05) is 44.7 Å². The second-order valence-electron chi connectivity index (χ2n) is 4.78. The van der Waals surface area contributed by atoms with Gasteiger partial charge < -0.3 is 20.3 Å². The topological polar surface area (TPSA) is 70.7 Å². The lowest BCUT2D eigenvalue weighted by Gasteiger charge is -2.21. The summed E-state index contributed by atoms with van der Waals surface area (Å²) in [6.07, 6.45) is 0.675. The number of methoxy groups -OCH3 is 1. The second-order valence-corrected chi connectivity index (χ2v) is 4.78. The number of carbonyl (C=O) groups is 2. The third-order valence-electron chi connectivity index (χ3n) is 3.27. The Labute approximate surface area is 131 Å². The molecule has 22 heavy (non-hydrogen) atoms. The zero-order valence-corrected chi connectivity index (χ0v) is 13.5. The molecule has 6 heteroatoms. The minimum atomic E-state index is -0.659. The van der Waals surface area contributed by atoms with E-state index in [9.17, 15) is 9.59 Å². The number of nitrogens with one attached hydrogen (secondary N) is 2. The molecule has 0 bridgehead atoms. The van der Waals surface area contributed by atoms with Crippen molar-refractivity contribution in [2.75, 3.05) is 43.6 Å². The Morgan fingerprint density at radius 2 is 1.73 bits per heavy atom. The van der Waals surface area contributed by atoms with E-state index in [0.29, 0.717) is 25.3 Å². The van der Waals surface area contributed by atoms with Crippen LogP contribution in [0.25, 0.3) is 0 Å². The summed E-state index contributed by atoms with van der Waals surface area (Å²) in [5, 5.41) is 5.13. The molecule has 1 aromatic carbocycles. The van der Waals surface area contributed by atoms with Gasteiger partial charge in [0.25, 0.3) is 0 Å². The molecule has 0 fully saturated rings. The first kappa shape index (κ1) is 18.0. The molecule has 0 aliphatic rings. The average molecular weight is 307 g/mol. The lowest BCUT2D eigenvalue weighted by molar-refractivity contribution is -0.136. The molecule has 0 aliphatic carbocycles. The van der Waals surface area contributed by atoms with Crippen LogP contribution in [0.2, 0.25) is 0 Å². The first-order valence-corrected chi connectivity index (χ1v) is 7.55. The zero-order valence-electron chi connectivity index (χ0n) is 13.5. The second kappa shape index (κ2) is 9.78. The Morgan fingerprint density at radius 1 is 1.09 bits per heavy atom. The van der Waals surface area contributed by atoms with E-state index in [4.69, 9.17) is 4.74 Å². The molecule has 1 rings (SSSR count). The molecule has 2 N–H and O–H groups in total. The molecule has 0 spiro atoms. The van der Waals surface area contributed by atoms with E-state index in [-0.39, 0.29) is 0 Å². The monoisotopic (exact) mass is 307 g/mol. The standard InChI is InChI=1S/C16H25N3O3/c1-4-19(5-2)14-9-7-13(8-10-14)18-16(21)15(20)17-11-6-12-22-3/h7-10H,4-6,11-12H2,1-3H3,(H,17,20)(H,18,21). The number of nitrogens with zero attached hydrogens (tertiary/aromatic N) is 1. The molecule has 0 radical (unpaired) electrons. The van der Waals surface area contributed by atoms with Crippen molar-refractivity contribution in [1.29, 1.82) is 0 Å². The van der Waals surface area contributed by atoms with Gasteiger partial charge in [-0.05, 0) is 44.5 Å². The van der Waals surface area contributed by atoms with Crippen LogP contribution in [0.1, 0.15) is 20.3 Å². The van der Waals surface area contributed by atoms with Crippen molar-refractivity contribution in [1.82, 2.24) is 5.32 Å². The molecule has 0 saturated carbocycles. The van der Waals surface area contributed by atoms with E-state index in [2.05, 4.69) is 29.4 Å². The van der Waals surface area contributed by atoms with E-state index in [1.807, 2.05) is 12.1 Å². The minimum absolute atomic E-state index is 0.418. The predicted octanol–water partition coefficient (Wildman–Crippen LogP) is 1.62. The third-order valence-corrected chi connectivity index (χ3v) is 3.27. The Kier molecular flexibility index (Phi) is 7.99. The van der Waals surface area contributed by atoms with Crippen LogP contribution in [0.4, 0.5) is 11.4 Å². The number of carbonyl (C=O) groups excluding carboxylic acids is 2. The van der Waals surface area contributed by atoms with Crippen LogP contribution in [-0.2, 0) is 14.3 Å². The highest BCUT2D eigenvalue weighted by Crippen LogP contribution is 2.17. The Hall–Kier alpha value is -2.08. The van der Waals surface area contributed by atoms with Crippen molar-refractivity contribution in [2.24, 2.45) is 0 Å².